The summed E-state index contributed by atoms with van der Waals surface area (Å²) in [5.74, 6) is 1.01. The fourth-order valence-electron chi connectivity index (χ4n) is 1.27. The molecule has 2 aromatic heterocycles. The third-order valence-electron chi connectivity index (χ3n) is 1.98. The molecule has 0 bridgehead atoms. The first-order valence-electron chi connectivity index (χ1n) is 3.97. The van der Waals surface area contributed by atoms with E-state index in [1.807, 2.05) is 6.07 Å². The Morgan fingerprint density at radius 1 is 1.64 bits per heavy atom. The summed E-state index contributed by atoms with van der Waals surface area (Å²) in [5.41, 5.74) is 6.74. The fourth-order valence-corrected chi connectivity index (χ4v) is 1.27. The molecule has 70 valence electrons. The van der Waals surface area contributed by atoms with Crippen molar-refractivity contribution in [2.75, 3.05) is 12.8 Å². The van der Waals surface area contributed by atoms with E-state index in [0.29, 0.717) is 22.8 Å². The quantitative estimate of drug-likeness (QED) is 0.718. The first-order chi connectivity index (χ1) is 6.76. The number of ether oxygens (including phenoxy) is 1. The van der Waals surface area contributed by atoms with Gasteiger partial charge in [-0.1, -0.05) is 0 Å². The van der Waals surface area contributed by atoms with Gasteiger partial charge in [0.05, 0.1) is 25.1 Å². The lowest BCUT2D eigenvalue weighted by atomic mass is 10.2. The Kier molecular flexibility index (Phi) is 1.75. The van der Waals surface area contributed by atoms with Crippen LogP contribution in [0.3, 0.4) is 0 Å². The van der Waals surface area contributed by atoms with Crippen molar-refractivity contribution in [2.24, 2.45) is 0 Å². The lowest BCUT2D eigenvalue weighted by Gasteiger charge is -2.03. The van der Waals surface area contributed by atoms with Crippen LogP contribution in [0, 0.1) is 11.3 Å². The Balaban J connectivity index is 2.79. The standard InChI is InChI=1S/C9H8N4O/c1-14-7-5-13-8(11)4-12-9(13)2-6(7)3-10/h2,4-5H,11H2,1H3. The lowest BCUT2D eigenvalue weighted by Crippen LogP contribution is -1.96. The van der Waals surface area contributed by atoms with Crippen molar-refractivity contribution in [3.8, 4) is 11.8 Å². The van der Waals surface area contributed by atoms with E-state index in [2.05, 4.69) is 4.98 Å². The van der Waals surface area contributed by atoms with Gasteiger partial charge in [-0.25, -0.2) is 4.98 Å². The maximum absolute atomic E-state index is 8.82. The number of rotatable bonds is 1. The molecular weight excluding hydrogens is 180 g/mol. The Hall–Kier alpha value is -2.22. The maximum Gasteiger partial charge on any atom is 0.153 e. The largest absolute Gasteiger partial charge is 0.494 e. The van der Waals surface area contributed by atoms with Crippen LogP contribution in [-0.4, -0.2) is 16.5 Å². The predicted molar refractivity (Wildman–Crippen MR) is 50.9 cm³/mol. The van der Waals surface area contributed by atoms with Crippen LogP contribution < -0.4 is 10.5 Å². The molecule has 0 saturated heterocycles. The van der Waals surface area contributed by atoms with Crippen molar-refractivity contribution in [2.45, 2.75) is 0 Å². The number of methoxy groups -OCH3 is 1. The average molecular weight is 188 g/mol. The van der Waals surface area contributed by atoms with E-state index in [0.717, 1.165) is 0 Å². The number of fused-ring (bicyclic) bond motifs is 1. The molecule has 2 N–H and O–H groups in total. The van der Waals surface area contributed by atoms with Gasteiger partial charge in [-0.2, -0.15) is 5.26 Å². The third kappa shape index (κ3) is 1.05. The number of imidazole rings is 1. The lowest BCUT2D eigenvalue weighted by molar-refractivity contribution is 0.411. The van der Waals surface area contributed by atoms with Gasteiger partial charge in [0.25, 0.3) is 0 Å². The monoisotopic (exact) mass is 188 g/mol. The van der Waals surface area contributed by atoms with E-state index < -0.39 is 0 Å². The molecule has 0 atom stereocenters. The Labute approximate surface area is 80.3 Å². The van der Waals surface area contributed by atoms with Crippen molar-refractivity contribution >= 4 is 11.5 Å². The van der Waals surface area contributed by atoms with Gasteiger partial charge in [0.2, 0.25) is 0 Å². The molecule has 0 amide bonds. The molecule has 0 spiro atoms. The minimum atomic E-state index is 0.450. The molecule has 0 unspecified atom stereocenters. The van der Waals surface area contributed by atoms with E-state index in [-0.39, 0.29) is 0 Å². The van der Waals surface area contributed by atoms with Crippen molar-refractivity contribution in [1.29, 1.82) is 5.26 Å². The zero-order valence-corrected chi connectivity index (χ0v) is 7.56. The molecule has 0 fully saturated rings. The number of nitrogens with two attached hydrogens (primary N) is 1. The predicted octanol–water partition coefficient (Wildman–Crippen LogP) is 0.797. The zero-order chi connectivity index (χ0) is 10.1. The van der Waals surface area contributed by atoms with E-state index in [4.69, 9.17) is 15.7 Å². The summed E-state index contributed by atoms with van der Waals surface area (Å²) in [4.78, 5) is 4.03. The molecule has 2 aromatic rings. The summed E-state index contributed by atoms with van der Waals surface area (Å²) in [6.07, 6.45) is 3.19. The molecule has 0 saturated carbocycles. The smallest absolute Gasteiger partial charge is 0.153 e. The van der Waals surface area contributed by atoms with Gasteiger partial charge >= 0.3 is 0 Å². The first-order valence-corrected chi connectivity index (χ1v) is 3.97. The number of hydrogen-bond acceptors (Lipinski definition) is 4. The Morgan fingerprint density at radius 2 is 2.43 bits per heavy atom. The van der Waals surface area contributed by atoms with E-state index >= 15 is 0 Å². The van der Waals surface area contributed by atoms with Gasteiger partial charge in [-0.3, -0.25) is 4.40 Å². The molecule has 0 aliphatic carbocycles. The average Bonchev–Trinajstić information content (AvgIpc) is 2.58. The minimum absolute atomic E-state index is 0.450. The molecule has 0 aliphatic heterocycles. The number of nitrogens with zero attached hydrogens (tertiary/aromatic N) is 3. The van der Waals surface area contributed by atoms with Gasteiger partial charge in [-0.15, -0.1) is 0 Å². The number of aromatic nitrogens is 2. The number of hydrogen-bond donors (Lipinski definition) is 1. The zero-order valence-electron chi connectivity index (χ0n) is 7.56. The molecule has 5 nitrogen and oxygen atoms in total. The molecule has 0 aliphatic rings. The molecule has 0 aromatic carbocycles. The molecule has 2 rings (SSSR count). The summed E-state index contributed by atoms with van der Waals surface area (Å²) in [5, 5.41) is 8.82. The molecule has 0 radical (unpaired) electrons. The molecule has 2 heterocycles. The van der Waals surface area contributed by atoms with E-state index in [1.165, 1.54) is 13.3 Å². The van der Waals surface area contributed by atoms with Crippen LogP contribution in [0.4, 0.5) is 5.82 Å². The van der Waals surface area contributed by atoms with Crippen LogP contribution in [0.1, 0.15) is 5.56 Å². The van der Waals surface area contributed by atoms with Crippen LogP contribution in [-0.2, 0) is 0 Å². The van der Waals surface area contributed by atoms with Gasteiger partial charge < -0.3 is 10.5 Å². The number of anilines is 1. The van der Waals surface area contributed by atoms with Crippen LogP contribution in [0.25, 0.3) is 5.65 Å². The van der Waals surface area contributed by atoms with Gasteiger partial charge in [0.1, 0.15) is 17.5 Å². The van der Waals surface area contributed by atoms with E-state index in [9.17, 15) is 0 Å². The second kappa shape index (κ2) is 2.92. The highest BCUT2D eigenvalue weighted by Gasteiger charge is 2.07. The van der Waals surface area contributed by atoms with Gasteiger partial charge in [-0.05, 0) is 0 Å². The Bertz CT molecular complexity index is 523. The molecular formula is C9H8N4O. The third-order valence-corrected chi connectivity index (χ3v) is 1.98. The van der Waals surface area contributed by atoms with Gasteiger partial charge in [0.15, 0.2) is 5.75 Å². The van der Waals surface area contributed by atoms with Crippen LogP contribution in [0.2, 0.25) is 0 Å². The summed E-state index contributed by atoms with van der Waals surface area (Å²) >= 11 is 0. The van der Waals surface area contributed by atoms with Crippen LogP contribution >= 0.6 is 0 Å². The highest BCUT2D eigenvalue weighted by molar-refractivity contribution is 5.56. The first kappa shape index (κ1) is 8.38. The number of nitrogen functional groups attached to an aromatic ring is 1. The van der Waals surface area contributed by atoms with Crippen LogP contribution in [0.15, 0.2) is 18.5 Å². The van der Waals surface area contributed by atoms with Crippen molar-refractivity contribution in [3.63, 3.8) is 0 Å². The topological polar surface area (TPSA) is 76.3 Å². The summed E-state index contributed by atoms with van der Waals surface area (Å²) in [7, 11) is 1.51. The second-order valence-electron chi connectivity index (χ2n) is 2.78. The van der Waals surface area contributed by atoms with Crippen molar-refractivity contribution in [1.82, 2.24) is 9.38 Å². The highest BCUT2D eigenvalue weighted by atomic mass is 16.5. The number of pyridine rings is 1. The van der Waals surface area contributed by atoms with Crippen molar-refractivity contribution < 1.29 is 4.74 Å². The minimum Gasteiger partial charge on any atom is -0.494 e. The highest BCUT2D eigenvalue weighted by Crippen LogP contribution is 2.20. The molecule has 14 heavy (non-hydrogen) atoms. The fraction of sp³-hybridized carbons (Fsp3) is 0.111. The van der Waals surface area contributed by atoms with Gasteiger partial charge in [0, 0.05) is 6.07 Å². The number of nitriles is 1. The molecule has 5 heteroatoms. The van der Waals surface area contributed by atoms with Crippen molar-refractivity contribution in [3.05, 3.63) is 24.0 Å². The van der Waals surface area contributed by atoms with Crippen LogP contribution in [0.5, 0.6) is 5.75 Å². The SMILES string of the molecule is COc1cn2c(N)cnc2cc1C#N. The summed E-state index contributed by atoms with van der Waals surface area (Å²) < 4.78 is 6.71. The normalized spacial score (nSPS) is 10.0. The maximum atomic E-state index is 8.82. The van der Waals surface area contributed by atoms with E-state index in [1.54, 1.807) is 16.7 Å². The Morgan fingerprint density at radius 3 is 3.07 bits per heavy atom. The second-order valence-corrected chi connectivity index (χ2v) is 2.78. The summed E-state index contributed by atoms with van der Waals surface area (Å²) in [6.45, 7) is 0. The summed E-state index contributed by atoms with van der Waals surface area (Å²) in [6, 6.07) is 3.66.